The predicted octanol–water partition coefficient (Wildman–Crippen LogP) is 2.79. The number of anilines is 1. The summed E-state index contributed by atoms with van der Waals surface area (Å²) in [7, 11) is 2.05. The number of aromatic amines is 1. The van der Waals surface area contributed by atoms with Crippen LogP contribution < -0.4 is 4.90 Å². The molecule has 0 saturated heterocycles. The molecular weight excluding hydrogens is 276 g/mol. The van der Waals surface area contributed by atoms with Gasteiger partial charge in [-0.2, -0.15) is 0 Å². The first-order chi connectivity index (χ1) is 10.7. The van der Waals surface area contributed by atoms with E-state index in [1.807, 2.05) is 31.3 Å². The largest absolute Gasteiger partial charge is 0.357 e. The maximum Gasteiger partial charge on any atom is 0.196 e. The van der Waals surface area contributed by atoms with Crippen molar-refractivity contribution in [3.8, 4) is 0 Å². The Morgan fingerprint density at radius 2 is 2.14 bits per heavy atom. The van der Waals surface area contributed by atoms with Gasteiger partial charge in [0, 0.05) is 48.2 Å². The Hall–Kier alpha value is -2.69. The van der Waals surface area contributed by atoms with Crippen LogP contribution in [0.1, 0.15) is 28.8 Å². The van der Waals surface area contributed by atoms with Crippen LogP contribution in [0.4, 0.5) is 5.82 Å². The monoisotopic (exact) mass is 292 g/mol. The quantitative estimate of drug-likeness (QED) is 0.751. The van der Waals surface area contributed by atoms with Crippen molar-refractivity contribution >= 4 is 22.6 Å². The van der Waals surface area contributed by atoms with Gasteiger partial charge in [0.25, 0.3) is 0 Å². The number of nitrogens with one attached hydrogen (secondary N) is 1. The average molecular weight is 292 g/mol. The number of nitrogens with zero attached hydrogens (tertiary/aromatic N) is 3. The maximum atomic E-state index is 12.6. The van der Waals surface area contributed by atoms with Crippen molar-refractivity contribution in [3.63, 3.8) is 0 Å². The zero-order valence-electron chi connectivity index (χ0n) is 12.3. The summed E-state index contributed by atoms with van der Waals surface area (Å²) in [6, 6.07) is 8.10. The second kappa shape index (κ2) is 4.94. The molecule has 0 atom stereocenters. The van der Waals surface area contributed by atoms with E-state index in [0.29, 0.717) is 17.2 Å². The minimum atomic E-state index is -0.0348. The van der Waals surface area contributed by atoms with E-state index in [4.69, 9.17) is 0 Å². The van der Waals surface area contributed by atoms with E-state index < -0.39 is 0 Å². The second-order valence-electron chi connectivity index (χ2n) is 5.68. The standard InChI is InChI=1S/C17H16N4O/c1-21(12-5-6-12)15-7-4-11(9-19-15)16(22)14-10-20-17-13(14)3-2-8-18-17/h2-4,7-10,12H,5-6H2,1H3,(H,18,20). The van der Waals surface area contributed by atoms with Gasteiger partial charge in [0.1, 0.15) is 11.5 Å². The number of aromatic nitrogens is 3. The molecule has 3 heterocycles. The van der Waals surface area contributed by atoms with Gasteiger partial charge in [-0.1, -0.05) is 0 Å². The fourth-order valence-corrected chi connectivity index (χ4v) is 2.68. The highest BCUT2D eigenvalue weighted by molar-refractivity contribution is 6.15. The van der Waals surface area contributed by atoms with Crippen LogP contribution in [-0.4, -0.2) is 33.8 Å². The molecule has 1 aliphatic rings. The van der Waals surface area contributed by atoms with E-state index >= 15 is 0 Å². The second-order valence-corrected chi connectivity index (χ2v) is 5.68. The van der Waals surface area contributed by atoms with Gasteiger partial charge in [-0.15, -0.1) is 0 Å². The first kappa shape index (κ1) is 13.0. The SMILES string of the molecule is CN(c1ccc(C(=O)c2c[nH]c3ncccc23)cn1)C1CC1. The van der Waals surface area contributed by atoms with Crippen molar-refractivity contribution in [1.82, 2.24) is 15.0 Å². The number of hydrogen-bond donors (Lipinski definition) is 1. The predicted molar refractivity (Wildman–Crippen MR) is 85.2 cm³/mol. The third-order valence-electron chi connectivity index (χ3n) is 4.16. The summed E-state index contributed by atoms with van der Waals surface area (Å²) in [6.07, 6.45) is 7.52. The van der Waals surface area contributed by atoms with Crippen molar-refractivity contribution in [3.05, 3.63) is 54.0 Å². The Balaban J connectivity index is 1.65. The smallest absolute Gasteiger partial charge is 0.196 e. The molecule has 5 nitrogen and oxygen atoms in total. The average Bonchev–Trinajstić information content (AvgIpc) is 3.33. The van der Waals surface area contributed by atoms with E-state index in [-0.39, 0.29) is 5.78 Å². The van der Waals surface area contributed by atoms with Crippen molar-refractivity contribution in [2.75, 3.05) is 11.9 Å². The van der Waals surface area contributed by atoms with E-state index in [1.165, 1.54) is 12.8 Å². The molecule has 0 aromatic carbocycles. The molecule has 3 aromatic rings. The van der Waals surface area contributed by atoms with E-state index in [2.05, 4.69) is 19.9 Å². The lowest BCUT2D eigenvalue weighted by Gasteiger charge is -2.17. The van der Waals surface area contributed by atoms with Gasteiger partial charge in [0.2, 0.25) is 0 Å². The fraction of sp³-hybridized carbons (Fsp3) is 0.235. The summed E-state index contributed by atoms with van der Waals surface area (Å²) in [5.74, 6) is 0.881. The highest BCUT2D eigenvalue weighted by Crippen LogP contribution is 2.29. The molecule has 0 unspecified atom stereocenters. The number of ketones is 1. The highest BCUT2D eigenvalue weighted by Gasteiger charge is 2.27. The minimum Gasteiger partial charge on any atom is -0.357 e. The van der Waals surface area contributed by atoms with E-state index in [9.17, 15) is 4.79 Å². The van der Waals surface area contributed by atoms with Gasteiger partial charge >= 0.3 is 0 Å². The Morgan fingerprint density at radius 1 is 1.27 bits per heavy atom. The summed E-state index contributed by atoms with van der Waals surface area (Å²) in [4.78, 5) is 26.5. The molecule has 0 amide bonds. The molecule has 3 aromatic heterocycles. The summed E-state index contributed by atoms with van der Waals surface area (Å²) in [5.41, 5.74) is 1.95. The van der Waals surface area contributed by atoms with Crippen molar-refractivity contribution < 1.29 is 4.79 Å². The summed E-state index contributed by atoms with van der Waals surface area (Å²) < 4.78 is 0. The van der Waals surface area contributed by atoms with Gasteiger partial charge in [0.15, 0.2) is 5.78 Å². The van der Waals surface area contributed by atoms with Crippen LogP contribution >= 0.6 is 0 Å². The van der Waals surface area contributed by atoms with E-state index in [0.717, 1.165) is 16.9 Å². The fourth-order valence-electron chi connectivity index (χ4n) is 2.68. The number of carbonyl (C=O) groups is 1. The zero-order chi connectivity index (χ0) is 15.1. The molecule has 4 rings (SSSR count). The number of H-pyrrole nitrogens is 1. The van der Waals surface area contributed by atoms with Crippen molar-refractivity contribution in [2.45, 2.75) is 18.9 Å². The van der Waals surface area contributed by atoms with Crippen molar-refractivity contribution in [1.29, 1.82) is 0 Å². The third-order valence-corrected chi connectivity index (χ3v) is 4.16. The summed E-state index contributed by atoms with van der Waals surface area (Å²) in [5, 5.41) is 0.840. The first-order valence-corrected chi connectivity index (χ1v) is 7.40. The molecule has 5 heteroatoms. The number of carbonyl (C=O) groups excluding carboxylic acids is 1. The Labute approximate surface area is 128 Å². The number of rotatable bonds is 4. The molecular formula is C17H16N4O. The lowest BCUT2D eigenvalue weighted by Crippen LogP contribution is -2.20. The van der Waals surface area contributed by atoms with Crippen LogP contribution in [0, 0.1) is 0 Å². The molecule has 1 fully saturated rings. The van der Waals surface area contributed by atoms with Gasteiger partial charge in [0.05, 0.1) is 0 Å². The van der Waals surface area contributed by atoms with Crippen LogP contribution in [0.15, 0.2) is 42.9 Å². The summed E-state index contributed by atoms with van der Waals surface area (Å²) >= 11 is 0. The molecule has 0 radical (unpaired) electrons. The van der Waals surface area contributed by atoms with Gasteiger partial charge in [-0.3, -0.25) is 4.79 Å². The highest BCUT2D eigenvalue weighted by atomic mass is 16.1. The normalized spacial score (nSPS) is 14.2. The van der Waals surface area contributed by atoms with E-state index in [1.54, 1.807) is 18.6 Å². The zero-order valence-corrected chi connectivity index (χ0v) is 12.3. The van der Waals surface area contributed by atoms with Gasteiger partial charge < -0.3 is 9.88 Å². The number of hydrogen-bond acceptors (Lipinski definition) is 4. The molecule has 1 saturated carbocycles. The molecule has 0 aliphatic heterocycles. The lowest BCUT2D eigenvalue weighted by molar-refractivity contribution is 0.104. The Morgan fingerprint density at radius 3 is 2.86 bits per heavy atom. The molecule has 0 spiro atoms. The van der Waals surface area contributed by atoms with Crippen LogP contribution in [0.2, 0.25) is 0 Å². The molecule has 110 valence electrons. The van der Waals surface area contributed by atoms with Crippen LogP contribution in [0.3, 0.4) is 0 Å². The molecule has 1 N–H and O–H groups in total. The molecule has 1 aliphatic carbocycles. The maximum absolute atomic E-state index is 12.6. The number of pyridine rings is 2. The van der Waals surface area contributed by atoms with Crippen LogP contribution in [0.25, 0.3) is 11.0 Å². The minimum absolute atomic E-state index is 0.0348. The van der Waals surface area contributed by atoms with Gasteiger partial charge in [-0.05, 0) is 37.1 Å². The Bertz CT molecular complexity index is 833. The topological polar surface area (TPSA) is 61.9 Å². The van der Waals surface area contributed by atoms with Gasteiger partial charge in [-0.25, -0.2) is 9.97 Å². The molecule has 0 bridgehead atoms. The van der Waals surface area contributed by atoms with Crippen LogP contribution in [0.5, 0.6) is 0 Å². The Kier molecular flexibility index (Phi) is 2.92. The number of fused-ring (bicyclic) bond motifs is 1. The van der Waals surface area contributed by atoms with Crippen LogP contribution in [-0.2, 0) is 0 Å². The first-order valence-electron chi connectivity index (χ1n) is 7.40. The van der Waals surface area contributed by atoms with Crippen molar-refractivity contribution in [2.24, 2.45) is 0 Å². The lowest BCUT2D eigenvalue weighted by atomic mass is 10.1. The molecule has 22 heavy (non-hydrogen) atoms. The third kappa shape index (κ3) is 2.15. The summed E-state index contributed by atoms with van der Waals surface area (Å²) in [6.45, 7) is 0.